The van der Waals surface area contributed by atoms with E-state index in [1.165, 1.54) is 296 Å². The van der Waals surface area contributed by atoms with Gasteiger partial charge in [-0.1, -0.05) is 92.3 Å². The van der Waals surface area contributed by atoms with Gasteiger partial charge >= 0.3 is 0 Å². The maximum atomic E-state index is 7.32. The number of quaternary nitrogens is 5. The first kappa shape index (κ1) is 101. The highest BCUT2D eigenvalue weighted by atomic mass is 127. The highest BCUT2D eigenvalue weighted by Gasteiger charge is 2.53. The summed E-state index contributed by atoms with van der Waals surface area (Å²) in [6.45, 7) is 46.3. The third-order valence-corrected chi connectivity index (χ3v) is 29.1. The van der Waals surface area contributed by atoms with Gasteiger partial charge in [0.15, 0.2) is 0 Å². The molecule has 0 amide bonds. The molecule has 12 aliphatic rings. The van der Waals surface area contributed by atoms with Gasteiger partial charge in [-0.25, -0.2) is 0 Å². The zero-order valence-corrected chi connectivity index (χ0v) is 77.7. The van der Waals surface area contributed by atoms with Crippen molar-refractivity contribution in [3.05, 3.63) is 48.5 Å². The Labute approximate surface area is 697 Å². The van der Waals surface area contributed by atoms with Gasteiger partial charge in [-0.2, -0.15) is 5.26 Å². The summed E-state index contributed by atoms with van der Waals surface area (Å²) < 4.78 is 4.06. The fourth-order valence-corrected chi connectivity index (χ4v) is 23.7. The van der Waals surface area contributed by atoms with E-state index >= 15 is 0 Å². The molecule has 21 atom stereocenters. The number of aromatic nitrogens is 1. The number of fused-ring (bicyclic) bond motifs is 7. The van der Waals surface area contributed by atoms with Gasteiger partial charge in [-0.05, 0) is 293 Å². The van der Waals surface area contributed by atoms with Gasteiger partial charge in [0, 0.05) is 60.2 Å². The summed E-state index contributed by atoms with van der Waals surface area (Å²) in [6, 6.07) is 25.3. The van der Waals surface area contributed by atoms with E-state index in [0.29, 0.717) is 0 Å². The number of para-hydroxylation sites is 1. The van der Waals surface area contributed by atoms with Gasteiger partial charge in [0.05, 0.1) is 112 Å². The van der Waals surface area contributed by atoms with Crippen LogP contribution >= 0.6 is 22.6 Å². The molecule has 2 aromatic rings. The molecule has 7 heterocycles. The normalized spacial score (nSPS) is 35.3. The summed E-state index contributed by atoms with van der Waals surface area (Å²) >= 11 is 2.29. The molecule has 0 spiro atoms. The molecular formula is C88H165I4N8O2+. The highest BCUT2D eigenvalue weighted by molar-refractivity contribution is 14.1. The number of nitrogens with zero attached hydrogens (tertiary/aromatic N) is 4. The lowest BCUT2D eigenvalue weighted by Crippen LogP contribution is -3.20. The van der Waals surface area contributed by atoms with Gasteiger partial charge in [-0.15, -0.1) is 0 Å². The highest BCUT2D eigenvalue weighted by Crippen LogP contribution is 2.44. The van der Waals surface area contributed by atoms with Crippen LogP contribution in [0.15, 0.2) is 36.4 Å². The Morgan fingerprint density at radius 2 is 0.833 bits per heavy atom. The summed E-state index contributed by atoms with van der Waals surface area (Å²) in [4.78, 5) is 10.1. The zero-order valence-electron chi connectivity index (χ0n) is 69.0. The number of nitrogens with one attached hydrogen (secondary N) is 4. The molecule has 596 valence electrons. The van der Waals surface area contributed by atoms with Crippen LogP contribution in [-0.2, 0) is 0 Å². The van der Waals surface area contributed by atoms with Gasteiger partial charge < -0.3 is 112 Å². The number of hydrogen-bond donors (Lipinski definition) is 4. The van der Waals surface area contributed by atoms with Gasteiger partial charge in [0.1, 0.15) is 24.4 Å². The number of hydrogen-bond acceptors (Lipinski definition) is 5. The van der Waals surface area contributed by atoms with Crippen molar-refractivity contribution < 1.29 is 107 Å². The molecule has 6 saturated heterocycles. The predicted octanol–water partition coefficient (Wildman–Crippen LogP) is 9.37. The van der Waals surface area contributed by atoms with Crippen LogP contribution in [-0.4, -0.2) is 148 Å². The summed E-state index contributed by atoms with van der Waals surface area (Å²) in [6.07, 6.45) is 54.8. The van der Waals surface area contributed by atoms with Crippen molar-refractivity contribution in [2.24, 2.45) is 35.5 Å². The molecule has 14 heteroatoms. The van der Waals surface area contributed by atoms with E-state index in [4.69, 9.17) is 5.26 Å². The molecule has 102 heavy (non-hydrogen) atoms. The number of benzene rings is 1. The lowest BCUT2D eigenvalue weighted by molar-refractivity contribution is -0.978. The smallest absolute Gasteiger partial charge is 0.149 e. The lowest BCUT2D eigenvalue weighted by Gasteiger charge is -2.55. The molecule has 1 aromatic heterocycles. The summed E-state index contributed by atoms with van der Waals surface area (Å²) in [5.74, 6) is 6.28. The van der Waals surface area contributed by atoms with Crippen LogP contribution in [0.1, 0.15) is 334 Å². The number of aryl methyl sites for hydroxylation is 1. The number of halogens is 4. The molecule has 0 bridgehead atoms. The van der Waals surface area contributed by atoms with Crippen LogP contribution in [0, 0.1) is 60.2 Å². The predicted molar refractivity (Wildman–Crippen MR) is 433 cm³/mol. The average molecular weight is 1870 g/mol. The molecular weight excluding hydrogens is 1710 g/mol. The molecule has 16 unspecified atom stereocenters. The van der Waals surface area contributed by atoms with Crippen molar-refractivity contribution in [1.82, 2.24) is 10.3 Å². The van der Waals surface area contributed by atoms with E-state index in [2.05, 4.69) is 148 Å². The van der Waals surface area contributed by atoms with Crippen molar-refractivity contribution in [2.75, 3.05) is 50.2 Å². The van der Waals surface area contributed by atoms with E-state index in [1.54, 1.807) is 6.07 Å². The Kier molecular flexibility index (Phi) is 53.6. The minimum atomic E-state index is 0. The van der Waals surface area contributed by atoms with Crippen molar-refractivity contribution in [3.8, 4) is 6.07 Å². The largest absolute Gasteiger partial charge is 1.00 e. The van der Waals surface area contributed by atoms with Crippen molar-refractivity contribution >= 4 is 33.5 Å². The van der Waals surface area contributed by atoms with Crippen LogP contribution in [0.3, 0.4) is 0 Å². The van der Waals surface area contributed by atoms with E-state index in [0.717, 1.165) is 119 Å². The molecule has 6 aliphatic carbocycles. The monoisotopic (exact) mass is 1870 g/mol. The number of piperidine rings is 6. The zero-order chi connectivity index (χ0) is 70.3. The lowest BCUT2D eigenvalue weighted by atomic mass is 9.74. The minimum absolute atomic E-state index is 0. The van der Waals surface area contributed by atoms with Crippen LogP contribution in [0.2, 0.25) is 0 Å². The molecule has 12 fully saturated rings. The first-order valence-corrected chi connectivity index (χ1v) is 44.6. The molecule has 1 aromatic carbocycles. The SMILES string of the molecule is CC#N.CC1CCC2CCCC[C@H]2N1.CCI.CC[N+]1(CC)C(C)CCC2CCCCC21.CC[N+]1(CC)C(C)C[CH+]C2CCCCC21.CC[NH+]1C(C)CCC2CCCC[C@H]21.CC[NH+]1C(C)CCC2CCCC[C@H]21.CC[NH+]1C(C)CC[C@H]2CCCC[C@H]21.Cc1ccc2ccccc2n1.[I-].[I-].[I-].[OH-].[OH-]. The van der Waals surface area contributed by atoms with E-state index in [1.807, 2.05) is 45.9 Å². The van der Waals surface area contributed by atoms with E-state index in [-0.39, 0.29) is 82.9 Å². The molecule has 6 N–H and O–H groups in total. The summed E-state index contributed by atoms with van der Waals surface area (Å²) in [7, 11) is 0. The van der Waals surface area contributed by atoms with E-state index < -0.39 is 0 Å². The Hall–Kier alpha value is 0.590. The quantitative estimate of drug-likeness (QED) is 0.0954. The number of rotatable bonds is 7. The Morgan fingerprint density at radius 3 is 1.29 bits per heavy atom. The van der Waals surface area contributed by atoms with Crippen molar-refractivity contribution in [2.45, 2.75) is 408 Å². The first-order chi connectivity index (χ1) is 47.0. The second-order valence-corrected chi connectivity index (χ2v) is 35.5. The van der Waals surface area contributed by atoms with Crippen molar-refractivity contribution in [1.29, 1.82) is 5.26 Å². The first-order valence-electron chi connectivity index (χ1n) is 43.1. The summed E-state index contributed by atoms with van der Waals surface area (Å²) in [5.41, 5.74) is 2.15. The van der Waals surface area contributed by atoms with Crippen LogP contribution in [0.4, 0.5) is 0 Å². The second-order valence-electron chi connectivity index (χ2n) is 34.0. The number of nitriles is 1. The third kappa shape index (κ3) is 28.7. The Balaban J connectivity index is 0.000000583. The second kappa shape index (κ2) is 54.3. The maximum Gasteiger partial charge on any atom is 0.149 e. The number of pyridine rings is 1. The molecule has 6 aliphatic heterocycles. The van der Waals surface area contributed by atoms with Gasteiger partial charge in [0.2, 0.25) is 0 Å². The van der Waals surface area contributed by atoms with Crippen LogP contribution in [0.5, 0.6) is 0 Å². The fourth-order valence-electron chi connectivity index (χ4n) is 23.7. The fraction of sp³-hybridized carbons (Fsp3) is 0.875. The van der Waals surface area contributed by atoms with E-state index in [9.17, 15) is 0 Å². The molecule has 14 rings (SSSR count). The van der Waals surface area contributed by atoms with Gasteiger partial charge in [-0.3, -0.25) is 4.98 Å². The van der Waals surface area contributed by atoms with Crippen molar-refractivity contribution in [3.63, 3.8) is 0 Å². The standard InChI is InChI=1S/C14H28N.C14H27N.3C12H23N.C10H19N.C10H9N.C2H5I.C2H3N.3HI.2H2O/c2*1-4-15(5-2)12(3)10-11-13-8-6-7-9-14(13)15;3*1-3-13-10(2)8-9-11-6-4-5-7-12(11)13;2*1-8-6-7-9-4-2-3-5-10(9)11-8;2*1-2-3;;;;;/h12-14H,4-11H2,1-3H3;11-14H,4-10H2,1-3H3;3*10-12H,3-9H2,1-2H3;8-11H,2-7H2,1H3;2-7H,1H3;2H2,1H3;1H3;3*1H;2*1H2/q+1;+2;;;;;;;;;;;;/p-2/t;;2*10?,11?,12-;10?,11-,12-;8?,9?,10-;;;;;;;;/m..1111......../s1. The molecule has 0 radical (unpaired) electrons. The van der Waals surface area contributed by atoms with Crippen LogP contribution in [0.25, 0.3) is 10.9 Å². The van der Waals surface area contributed by atoms with Crippen LogP contribution < -0.4 is 91.9 Å². The summed E-state index contributed by atoms with van der Waals surface area (Å²) in [5, 5.41) is 12.2. The average Bonchev–Trinajstić information content (AvgIpc) is 0.771. The Bertz CT molecular complexity index is 2310. The number of likely N-dealkylation sites (tertiary alicyclic amines) is 5. The molecule has 10 nitrogen and oxygen atoms in total. The topological polar surface area (TPSA) is 122 Å². The van der Waals surface area contributed by atoms with Gasteiger partial charge in [0.25, 0.3) is 0 Å². The third-order valence-electron chi connectivity index (χ3n) is 29.1. The maximum absolute atomic E-state index is 7.32. The molecule has 6 saturated carbocycles. The number of alkyl halides is 1. The Morgan fingerprint density at radius 1 is 0.461 bits per heavy atom. The minimum Gasteiger partial charge on any atom is -1.00 e.